The number of rotatable bonds is 6. The molecule has 0 atom stereocenters. The van der Waals surface area contributed by atoms with Crippen LogP contribution in [-0.4, -0.2) is 40.0 Å². The van der Waals surface area contributed by atoms with E-state index in [1.165, 1.54) is 0 Å². The lowest BCUT2D eigenvalue weighted by Crippen LogP contribution is -2.14. The van der Waals surface area contributed by atoms with Gasteiger partial charge in [-0.2, -0.15) is 10.2 Å². The summed E-state index contributed by atoms with van der Waals surface area (Å²) in [6.45, 7) is 7.65. The van der Waals surface area contributed by atoms with Crippen LogP contribution < -0.4 is 5.73 Å². The van der Waals surface area contributed by atoms with E-state index in [4.69, 9.17) is 10.7 Å². The van der Waals surface area contributed by atoms with Gasteiger partial charge in [0.25, 0.3) is 5.91 Å². The SMILES string of the molecule is CCCn1cc(-c2cc(C)nn2CC)nc1-c1nc(C(N)=O)cc2c1cnn2C. The minimum absolute atomic E-state index is 0.193. The van der Waals surface area contributed by atoms with Crippen LogP contribution in [-0.2, 0) is 20.1 Å². The first-order chi connectivity index (χ1) is 13.9. The number of hydrogen-bond acceptors (Lipinski definition) is 5. The highest BCUT2D eigenvalue weighted by Crippen LogP contribution is 2.30. The average Bonchev–Trinajstić information content (AvgIpc) is 3.38. The van der Waals surface area contributed by atoms with Crippen molar-refractivity contribution in [3.05, 3.63) is 35.9 Å². The molecule has 4 aromatic heterocycles. The van der Waals surface area contributed by atoms with E-state index in [1.807, 2.05) is 30.9 Å². The zero-order valence-electron chi connectivity index (χ0n) is 17.0. The van der Waals surface area contributed by atoms with Gasteiger partial charge >= 0.3 is 0 Å². The van der Waals surface area contributed by atoms with Gasteiger partial charge in [-0.3, -0.25) is 14.2 Å². The highest BCUT2D eigenvalue weighted by molar-refractivity contribution is 5.99. The summed E-state index contributed by atoms with van der Waals surface area (Å²) in [5.41, 5.74) is 9.82. The van der Waals surface area contributed by atoms with E-state index >= 15 is 0 Å². The summed E-state index contributed by atoms with van der Waals surface area (Å²) in [5.74, 6) is 0.104. The van der Waals surface area contributed by atoms with Crippen LogP contribution in [0.5, 0.6) is 0 Å². The molecule has 0 aliphatic rings. The fourth-order valence-electron chi connectivity index (χ4n) is 3.57. The molecular weight excluding hydrogens is 368 g/mol. The van der Waals surface area contributed by atoms with Crippen molar-refractivity contribution in [3.63, 3.8) is 0 Å². The molecule has 0 saturated heterocycles. The molecule has 0 bridgehead atoms. The van der Waals surface area contributed by atoms with Crippen LogP contribution in [0.15, 0.2) is 24.5 Å². The number of hydrogen-bond donors (Lipinski definition) is 1. The Kier molecular flexibility index (Phi) is 4.65. The van der Waals surface area contributed by atoms with Crippen molar-refractivity contribution >= 4 is 16.8 Å². The van der Waals surface area contributed by atoms with Crippen LogP contribution in [0.25, 0.3) is 33.8 Å². The van der Waals surface area contributed by atoms with Crippen molar-refractivity contribution in [1.29, 1.82) is 0 Å². The third kappa shape index (κ3) is 3.18. The first-order valence-corrected chi connectivity index (χ1v) is 9.67. The molecule has 29 heavy (non-hydrogen) atoms. The Morgan fingerprint density at radius 1 is 1.21 bits per heavy atom. The summed E-state index contributed by atoms with van der Waals surface area (Å²) < 4.78 is 5.71. The van der Waals surface area contributed by atoms with Gasteiger partial charge in [0, 0.05) is 31.7 Å². The lowest BCUT2D eigenvalue weighted by atomic mass is 10.2. The maximum absolute atomic E-state index is 11.9. The molecule has 4 aromatic rings. The number of nitrogens with two attached hydrogens (primary N) is 1. The Bertz CT molecular complexity index is 1210. The average molecular weight is 392 g/mol. The zero-order valence-corrected chi connectivity index (χ0v) is 17.0. The zero-order chi connectivity index (χ0) is 20.7. The molecule has 0 saturated carbocycles. The summed E-state index contributed by atoms with van der Waals surface area (Å²) in [4.78, 5) is 21.3. The second kappa shape index (κ2) is 7.16. The molecule has 0 aromatic carbocycles. The molecule has 150 valence electrons. The third-order valence-electron chi connectivity index (χ3n) is 4.91. The number of imidazole rings is 1. The monoisotopic (exact) mass is 392 g/mol. The minimum atomic E-state index is -0.581. The maximum Gasteiger partial charge on any atom is 0.267 e. The van der Waals surface area contributed by atoms with Gasteiger partial charge in [-0.25, -0.2) is 9.97 Å². The van der Waals surface area contributed by atoms with Gasteiger partial charge in [-0.1, -0.05) is 6.92 Å². The number of aryl methyl sites for hydroxylation is 4. The topological polar surface area (TPSA) is 109 Å². The molecule has 0 unspecified atom stereocenters. The van der Waals surface area contributed by atoms with Gasteiger partial charge in [-0.15, -0.1) is 0 Å². The molecule has 0 spiro atoms. The fourth-order valence-corrected chi connectivity index (χ4v) is 3.57. The van der Waals surface area contributed by atoms with Crippen molar-refractivity contribution < 1.29 is 4.79 Å². The molecule has 0 radical (unpaired) electrons. The van der Waals surface area contributed by atoms with E-state index in [0.29, 0.717) is 11.5 Å². The summed E-state index contributed by atoms with van der Waals surface area (Å²) in [5, 5.41) is 9.68. The second-order valence-electron chi connectivity index (χ2n) is 7.05. The van der Waals surface area contributed by atoms with E-state index in [1.54, 1.807) is 16.9 Å². The highest BCUT2D eigenvalue weighted by atomic mass is 16.1. The van der Waals surface area contributed by atoms with Crippen LogP contribution in [0, 0.1) is 6.92 Å². The quantitative estimate of drug-likeness (QED) is 0.542. The molecule has 9 heteroatoms. The minimum Gasteiger partial charge on any atom is -0.364 e. The van der Waals surface area contributed by atoms with E-state index in [9.17, 15) is 4.79 Å². The van der Waals surface area contributed by atoms with Gasteiger partial charge in [0.1, 0.15) is 17.1 Å². The molecule has 2 N–H and O–H groups in total. The third-order valence-corrected chi connectivity index (χ3v) is 4.91. The highest BCUT2D eigenvalue weighted by Gasteiger charge is 2.21. The van der Waals surface area contributed by atoms with Gasteiger partial charge in [-0.05, 0) is 32.4 Å². The summed E-state index contributed by atoms with van der Waals surface area (Å²) in [6, 6.07) is 3.69. The van der Waals surface area contributed by atoms with Crippen LogP contribution >= 0.6 is 0 Å². The molecule has 9 nitrogen and oxygen atoms in total. The maximum atomic E-state index is 11.9. The number of nitrogens with zero attached hydrogens (tertiary/aromatic N) is 7. The first-order valence-electron chi connectivity index (χ1n) is 9.67. The second-order valence-corrected chi connectivity index (χ2v) is 7.05. The molecule has 1 amide bonds. The number of amides is 1. The summed E-state index contributed by atoms with van der Waals surface area (Å²) in [6.07, 6.45) is 4.69. The Labute approximate surface area is 168 Å². The number of carbonyl (C=O) groups is 1. The largest absolute Gasteiger partial charge is 0.364 e. The standard InChI is InChI=1S/C20H24N8O/c1-5-7-27-11-15(17-8-12(3)25-28(17)6-2)24-20(27)18-13-10-22-26(4)16(13)9-14(23-18)19(21)29/h8-11H,5-7H2,1-4H3,(H2,21,29). The van der Waals surface area contributed by atoms with Gasteiger partial charge < -0.3 is 10.3 Å². The van der Waals surface area contributed by atoms with Gasteiger partial charge in [0.15, 0.2) is 5.82 Å². The van der Waals surface area contributed by atoms with Crippen LogP contribution in [0.4, 0.5) is 0 Å². The number of pyridine rings is 1. The number of aromatic nitrogens is 7. The van der Waals surface area contributed by atoms with E-state index in [-0.39, 0.29) is 5.69 Å². The van der Waals surface area contributed by atoms with Crippen molar-refractivity contribution in [2.75, 3.05) is 0 Å². The first kappa shape index (κ1) is 18.9. The number of primary amides is 1. The lowest BCUT2D eigenvalue weighted by Gasteiger charge is -2.08. The fraction of sp³-hybridized carbons (Fsp3) is 0.350. The van der Waals surface area contributed by atoms with Crippen molar-refractivity contribution in [1.82, 2.24) is 34.1 Å². The normalized spacial score (nSPS) is 11.4. The van der Waals surface area contributed by atoms with E-state index in [2.05, 4.69) is 33.6 Å². The smallest absolute Gasteiger partial charge is 0.267 e. The molecule has 0 fully saturated rings. The lowest BCUT2D eigenvalue weighted by molar-refractivity contribution is 0.0996. The van der Waals surface area contributed by atoms with Crippen molar-refractivity contribution in [3.8, 4) is 22.9 Å². The Morgan fingerprint density at radius 3 is 2.69 bits per heavy atom. The summed E-state index contributed by atoms with van der Waals surface area (Å²) in [7, 11) is 1.82. The van der Waals surface area contributed by atoms with E-state index in [0.717, 1.165) is 47.5 Å². The van der Waals surface area contributed by atoms with Crippen molar-refractivity contribution in [2.24, 2.45) is 12.8 Å². The van der Waals surface area contributed by atoms with Crippen LogP contribution in [0.3, 0.4) is 0 Å². The molecular formula is C20H24N8O. The predicted octanol–water partition coefficient (Wildman–Crippen LogP) is 2.53. The molecule has 4 rings (SSSR count). The molecule has 4 heterocycles. The Morgan fingerprint density at radius 2 is 2.00 bits per heavy atom. The Balaban J connectivity index is 1.97. The van der Waals surface area contributed by atoms with Crippen LogP contribution in [0.2, 0.25) is 0 Å². The number of fused-ring (bicyclic) bond motifs is 1. The molecule has 0 aliphatic heterocycles. The Hall–Kier alpha value is -3.49. The predicted molar refractivity (Wildman–Crippen MR) is 110 cm³/mol. The van der Waals surface area contributed by atoms with Crippen LogP contribution in [0.1, 0.15) is 36.5 Å². The van der Waals surface area contributed by atoms with E-state index < -0.39 is 5.91 Å². The van der Waals surface area contributed by atoms with Gasteiger partial charge in [0.05, 0.1) is 23.1 Å². The van der Waals surface area contributed by atoms with Crippen molar-refractivity contribution in [2.45, 2.75) is 40.3 Å². The number of carbonyl (C=O) groups excluding carboxylic acids is 1. The summed E-state index contributed by atoms with van der Waals surface area (Å²) >= 11 is 0. The molecule has 0 aliphatic carbocycles. The van der Waals surface area contributed by atoms with Gasteiger partial charge in [0.2, 0.25) is 0 Å².